The zero-order chi connectivity index (χ0) is 14.6. The molecular weight excluding hydrogens is 264 g/mol. The Morgan fingerprint density at radius 2 is 2.00 bits per heavy atom. The highest BCUT2D eigenvalue weighted by Gasteiger charge is 2.29. The summed E-state index contributed by atoms with van der Waals surface area (Å²) in [6, 6.07) is 0.454. The zero-order valence-electron chi connectivity index (χ0n) is 13.5. The first-order chi connectivity index (χ1) is 9.50. The summed E-state index contributed by atoms with van der Waals surface area (Å²) in [6.07, 6.45) is 8.64. The Hall–Kier alpha value is -0.410. The Labute approximate surface area is 128 Å². The van der Waals surface area contributed by atoms with Gasteiger partial charge in [-0.2, -0.15) is 0 Å². The van der Waals surface area contributed by atoms with E-state index in [2.05, 4.69) is 43.4 Å². The van der Waals surface area contributed by atoms with Crippen molar-refractivity contribution in [2.24, 2.45) is 17.3 Å². The van der Waals surface area contributed by atoms with Crippen LogP contribution in [0.2, 0.25) is 0 Å². The van der Waals surface area contributed by atoms with Crippen molar-refractivity contribution in [1.29, 1.82) is 0 Å². The SMILES string of the molecule is CCC(NCC1CCC(C(C)(C)C)CC1)c1nccs1. The molecule has 0 spiro atoms. The van der Waals surface area contributed by atoms with E-state index < -0.39 is 0 Å². The minimum absolute atomic E-state index is 0.454. The number of nitrogens with one attached hydrogen (secondary N) is 1. The van der Waals surface area contributed by atoms with E-state index in [1.54, 1.807) is 11.3 Å². The first-order valence-corrected chi connectivity index (χ1v) is 9.01. The summed E-state index contributed by atoms with van der Waals surface area (Å²) in [5, 5.41) is 7.07. The molecule has 2 nitrogen and oxygen atoms in total. The van der Waals surface area contributed by atoms with Gasteiger partial charge in [-0.25, -0.2) is 4.98 Å². The van der Waals surface area contributed by atoms with Crippen molar-refractivity contribution in [2.75, 3.05) is 6.54 Å². The molecule has 2 rings (SSSR count). The fraction of sp³-hybridized carbons (Fsp3) is 0.824. The maximum atomic E-state index is 4.45. The zero-order valence-corrected chi connectivity index (χ0v) is 14.3. The topological polar surface area (TPSA) is 24.9 Å². The van der Waals surface area contributed by atoms with Gasteiger partial charge in [0.1, 0.15) is 5.01 Å². The molecule has 1 N–H and O–H groups in total. The molecule has 3 heteroatoms. The van der Waals surface area contributed by atoms with E-state index in [0.717, 1.165) is 24.8 Å². The van der Waals surface area contributed by atoms with E-state index >= 15 is 0 Å². The van der Waals surface area contributed by atoms with Crippen LogP contribution in [0.25, 0.3) is 0 Å². The Morgan fingerprint density at radius 1 is 1.30 bits per heavy atom. The Bertz CT molecular complexity index is 372. The fourth-order valence-electron chi connectivity index (χ4n) is 3.35. The highest BCUT2D eigenvalue weighted by Crippen LogP contribution is 2.39. The average molecular weight is 295 g/mol. The predicted molar refractivity (Wildman–Crippen MR) is 88.1 cm³/mol. The summed E-state index contributed by atoms with van der Waals surface area (Å²) < 4.78 is 0. The molecule has 20 heavy (non-hydrogen) atoms. The van der Waals surface area contributed by atoms with Gasteiger partial charge in [-0.1, -0.05) is 27.7 Å². The minimum atomic E-state index is 0.454. The van der Waals surface area contributed by atoms with Crippen LogP contribution < -0.4 is 5.32 Å². The molecule has 1 atom stereocenters. The van der Waals surface area contributed by atoms with Crippen LogP contribution in [0, 0.1) is 17.3 Å². The van der Waals surface area contributed by atoms with Gasteiger partial charge in [0, 0.05) is 11.6 Å². The Kier molecular flexibility index (Phi) is 5.62. The van der Waals surface area contributed by atoms with Gasteiger partial charge in [0.15, 0.2) is 0 Å². The summed E-state index contributed by atoms with van der Waals surface area (Å²) in [6.45, 7) is 10.6. The molecule has 1 aromatic heterocycles. The lowest BCUT2D eigenvalue weighted by Crippen LogP contribution is -2.32. The number of hydrogen-bond donors (Lipinski definition) is 1. The van der Waals surface area contributed by atoms with Crippen LogP contribution in [-0.4, -0.2) is 11.5 Å². The number of thiazole rings is 1. The predicted octanol–water partition coefficient (Wildman–Crippen LogP) is 5.04. The fourth-order valence-corrected chi connectivity index (χ4v) is 4.15. The van der Waals surface area contributed by atoms with E-state index in [4.69, 9.17) is 0 Å². The number of nitrogens with zero attached hydrogens (tertiary/aromatic N) is 1. The second kappa shape index (κ2) is 7.04. The van der Waals surface area contributed by atoms with Crippen LogP contribution in [0.15, 0.2) is 11.6 Å². The second-order valence-electron chi connectivity index (χ2n) is 7.32. The number of hydrogen-bond acceptors (Lipinski definition) is 3. The molecule has 0 saturated heterocycles. The molecule has 0 radical (unpaired) electrons. The van der Waals surface area contributed by atoms with Gasteiger partial charge in [0.2, 0.25) is 0 Å². The van der Waals surface area contributed by atoms with Crippen LogP contribution in [0.4, 0.5) is 0 Å². The van der Waals surface area contributed by atoms with Gasteiger partial charge in [-0.05, 0) is 55.9 Å². The van der Waals surface area contributed by atoms with E-state index in [-0.39, 0.29) is 0 Å². The smallest absolute Gasteiger partial charge is 0.109 e. The lowest BCUT2D eigenvalue weighted by Gasteiger charge is -2.37. The van der Waals surface area contributed by atoms with Gasteiger partial charge >= 0.3 is 0 Å². The third kappa shape index (κ3) is 4.29. The first-order valence-electron chi connectivity index (χ1n) is 8.13. The Morgan fingerprint density at radius 3 is 2.50 bits per heavy atom. The summed E-state index contributed by atoms with van der Waals surface area (Å²) in [5.74, 6) is 1.78. The molecule has 1 aliphatic rings. The van der Waals surface area contributed by atoms with Crippen molar-refractivity contribution in [1.82, 2.24) is 10.3 Å². The molecular formula is C17H30N2S. The molecule has 114 valence electrons. The molecule has 1 unspecified atom stereocenters. The van der Waals surface area contributed by atoms with Crippen molar-refractivity contribution >= 4 is 11.3 Å². The number of aromatic nitrogens is 1. The van der Waals surface area contributed by atoms with Crippen molar-refractivity contribution in [3.63, 3.8) is 0 Å². The Balaban J connectivity index is 1.76. The molecule has 1 heterocycles. The molecule has 1 aromatic rings. The van der Waals surface area contributed by atoms with Crippen molar-refractivity contribution < 1.29 is 0 Å². The summed E-state index contributed by atoms with van der Waals surface area (Å²) in [4.78, 5) is 4.45. The van der Waals surface area contributed by atoms with E-state index in [0.29, 0.717) is 11.5 Å². The summed E-state index contributed by atoms with van der Waals surface area (Å²) in [5.41, 5.74) is 0.491. The van der Waals surface area contributed by atoms with Gasteiger partial charge in [0.25, 0.3) is 0 Å². The van der Waals surface area contributed by atoms with E-state index in [9.17, 15) is 0 Å². The van der Waals surface area contributed by atoms with E-state index in [1.165, 1.54) is 30.7 Å². The normalized spacial score (nSPS) is 25.6. The molecule has 1 fully saturated rings. The quantitative estimate of drug-likeness (QED) is 0.823. The van der Waals surface area contributed by atoms with Gasteiger partial charge in [-0.3, -0.25) is 0 Å². The third-order valence-electron chi connectivity index (χ3n) is 4.88. The highest BCUT2D eigenvalue weighted by atomic mass is 32.1. The largest absolute Gasteiger partial charge is 0.308 e. The molecule has 1 saturated carbocycles. The highest BCUT2D eigenvalue weighted by molar-refractivity contribution is 7.09. The molecule has 0 bridgehead atoms. The van der Waals surface area contributed by atoms with Crippen LogP contribution in [0.5, 0.6) is 0 Å². The molecule has 1 aliphatic carbocycles. The molecule has 0 aromatic carbocycles. The summed E-state index contributed by atoms with van der Waals surface area (Å²) >= 11 is 1.77. The third-order valence-corrected chi connectivity index (χ3v) is 5.77. The van der Waals surface area contributed by atoms with Gasteiger partial charge in [0.05, 0.1) is 6.04 Å². The maximum absolute atomic E-state index is 4.45. The molecule has 0 aliphatic heterocycles. The van der Waals surface area contributed by atoms with Crippen LogP contribution >= 0.6 is 11.3 Å². The maximum Gasteiger partial charge on any atom is 0.109 e. The summed E-state index contributed by atoms with van der Waals surface area (Å²) in [7, 11) is 0. The standard InChI is InChI=1S/C17H30N2S/c1-5-15(16-18-10-11-20-16)19-12-13-6-8-14(9-7-13)17(2,3)4/h10-11,13-15,19H,5-9,12H2,1-4H3. The van der Waals surface area contributed by atoms with Crippen molar-refractivity contribution in [3.05, 3.63) is 16.6 Å². The number of rotatable bonds is 5. The monoisotopic (exact) mass is 294 g/mol. The van der Waals surface area contributed by atoms with Crippen LogP contribution in [0.3, 0.4) is 0 Å². The van der Waals surface area contributed by atoms with Crippen molar-refractivity contribution in [3.8, 4) is 0 Å². The lowest BCUT2D eigenvalue weighted by atomic mass is 9.70. The lowest BCUT2D eigenvalue weighted by molar-refractivity contribution is 0.147. The van der Waals surface area contributed by atoms with Crippen LogP contribution in [0.1, 0.15) is 70.8 Å². The van der Waals surface area contributed by atoms with E-state index in [1.807, 2.05) is 6.20 Å². The van der Waals surface area contributed by atoms with Gasteiger partial charge in [-0.15, -0.1) is 11.3 Å². The molecule has 0 amide bonds. The average Bonchev–Trinajstić information content (AvgIpc) is 2.93. The van der Waals surface area contributed by atoms with Crippen LogP contribution in [-0.2, 0) is 0 Å². The van der Waals surface area contributed by atoms with Gasteiger partial charge < -0.3 is 5.32 Å². The van der Waals surface area contributed by atoms with Crippen molar-refractivity contribution in [2.45, 2.75) is 65.8 Å². The first kappa shape index (κ1) is 16.0. The minimum Gasteiger partial charge on any atom is -0.308 e. The second-order valence-corrected chi connectivity index (χ2v) is 8.25.